The largest absolute Gasteiger partial charge is 0.338 e. The van der Waals surface area contributed by atoms with E-state index in [1.807, 2.05) is 12.4 Å². The summed E-state index contributed by atoms with van der Waals surface area (Å²) in [5, 5.41) is 3.45. The van der Waals surface area contributed by atoms with E-state index in [0.717, 1.165) is 37.7 Å². The highest BCUT2D eigenvalue weighted by Crippen LogP contribution is 2.14. The van der Waals surface area contributed by atoms with E-state index in [1.165, 1.54) is 0 Å². The van der Waals surface area contributed by atoms with Gasteiger partial charge in [-0.1, -0.05) is 0 Å². The van der Waals surface area contributed by atoms with Crippen molar-refractivity contribution in [3.05, 3.63) is 18.0 Å². The minimum atomic E-state index is 0.117. The monoisotopic (exact) mass is 277 g/mol. The van der Waals surface area contributed by atoms with E-state index in [-0.39, 0.29) is 5.54 Å². The molecular formula is C15H27N5. The molecule has 2 heterocycles. The normalized spacial score (nSPS) is 21.2. The Hall–Kier alpha value is -1.20. The first-order chi connectivity index (χ1) is 9.35. The molecule has 0 radical (unpaired) electrons. The van der Waals surface area contributed by atoms with Gasteiger partial charge < -0.3 is 15.1 Å². The molecule has 5 heteroatoms. The van der Waals surface area contributed by atoms with Gasteiger partial charge in [0.05, 0.1) is 0 Å². The molecule has 1 fully saturated rings. The molecule has 1 aromatic rings. The molecule has 0 saturated carbocycles. The molecule has 0 spiro atoms. The quantitative estimate of drug-likeness (QED) is 0.907. The smallest absolute Gasteiger partial charge is 0.225 e. The highest BCUT2D eigenvalue weighted by Gasteiger charge is 2.22. The van der Waals surface area contributed by atoms with Crippen LogP contribution in [0.1, 0.15) is 33.3 Å². The van der Waals surface area contributed by atoms with Crippen LogP contribution >= 0.6 is 0 Å². The maximum Gasteiger partial charge on any atom is 0.225 e. The van der Waals surface area contributed by atoms with Gasteiger partial charge >= 0.3 is 0 Å². The van der Waals surface area contributed by atoms with Crippen molar-refractivity contribution in [2.45, 2.75) is 45.8 Å². The molecule has 1 aromatic heterocycles. The average Bonchev–Trinajstić information content (AvgIpc) is 2.39. The van der Waals surface area contributed by atoms with Crippen LogP contribution in [-0.4, -0.2) is 53.1 Å². The van der Waals surface area contributed by atoms with Crippen LogP contribution in [0.15, 0.2) is 12.4 Å². The van der Waals surface area contributed by atoms with Gasteiger partial charge in [-0.15, -0.1) is 0 Å². The van der Waals surface area contributed by atoms with Crippen LogP contribution in [0.3, 0.4) is 0 Å². The first-order valence-electron chi connectivity index (χ1n) is 7.36. The van der Waals surface area contributed by atoms with Gasteiger partial charge in [0, 0.05) is 55.7 Å². The topological polar surface area (TPSA) is 44.3 Å². The van der Waals surface area contributed by atoms with Crippen molar-refractivity contribution in [1.82, 2.24) is 20.2 Å². The van der Waals surface area contributed by atoms with Gasteiger partial charge in [0.15, 0.2) is 0 Å². The summed E-state index contributed by atoms with van der Waals surface area (Å²) < 4.78 is 0. The van der Waals surface area contributed by atoms with E-state index in [2.05, 4.69) is 59.8 Å². The molecular weight excluding hydrogens is 250 g/mol. The minimum Gasteiger partial charge on any atom is -0.338 e. The Morgan fingerprint density at radius 2 is 1.90 bits per heavy atom. The van der Waals surface area contributed by atoms with E-state index in [1.54, 1.807) is 0 Å². The van der Waals surface area contributed by atoms with E-state index in [9.17, 15) is 0 Å². The standard InChI is InChI=1S/C15H27N5/c1-12-11-20(7-6-19(12)5)14-16-8-13(9-17-14)10-18-15(2,3)4/h8-9,12,18H,6-7,10-11H2,1-5H3. The summed E-state index contributed by atoms with van der Waals surface area (Å²) in [6.45, 7) is 12.6. The van der Waals surface area contributed by atoms with Gasteiger partial charge in [-0.3, -0.25) is 0 Å². The number of hydrogen-bond acceptors (Lipinski definition) is 5. The molecule has 1 N–H and O–H groups in total. The SMILES string of the molecule is CC1CN(c2ncc(CNC(C)(C)C)cn2)CCN1C. The Morgan fingerprint density at radius 3 is 2.45 bits per heavy atom. The summed E-state index contributed by atoms with van der Waals surface area (Å²) in [5.74, 6) is 0.851. The van der Waals surface area contributed by atoms with Gasteiger partial charge in [-0.25, -0.2) is 9.97 Å². The Labute approximate surface area is 122 Å². The third-order valence-corrected chi connectivity index (χ3v) is 3.76. The maximum atomic E-state index is 4.52. The van der Waals surface area contributed by atoms with Gasteiger partial charge in [-0.2, -0.15) is 0 Å². The summed E-state index contributed by atoms with van der Waals surface area (Å²) in [7, 11) is 2.17. The van der Waals surface area contributed by atoms with Crippen molar-refractivity contribution in [3.8, 4) is 0 Å². The summed E-state index contributed by atoms with van der Waals surface area (Å²) in [5.41, 5.74) is 1.25. The Bertz CT molecular complexity index is 423. The van der Waals surface area contributed by atoms with Crippen LogP contribution < -0.4 is 10.2 Å². The molecule has 0 amide bonds. The van der Waals surface area contributed by atoms with Gasteiger partial charge in [0.1, 0.15) is 0 Å². The average molecular weight is 277 g/mol. The second-order valence-corrected chi connectivity index (χ2v) is 6.77. The summed E-state index contributed by atoms with van der Waals surface area (Å²) in [6, 6.07) is 0.551. The summed E-state index contributed by atoms with van der Waals surface area (Å²) in [4.78, 5) is 13.7. The van der Waals surface area contributed by atoms with Gasteiger partial charge in [-0.05, 0) is 34.7 Å². The van der Waals surface area contributed by atoms with Crippen molar-refractivity contribution in [2.75, 3.05) is 31.6 Å². The van der Waals surface area contributed by atoms with Gasteiger partial charge in [0.25, 0.3) is 0 Å². The number of rotatable bonds is 3. The molecule has 2 rings (SSSR count). The van der Waals surface area contributed by atoms with Crippen LogP contribution in [0.25, 0.3) is 0 Å². The van der Waals surface area contributed by atoms with Crippen molar-refractivity contribution < 1.29 is 0 Å². The molecule has 1 saturated heterocycles. The van der Waals surface area contributed by atoms with Crippen molar-refractivity contribution >= 4 is 5.95 Å². The van der Waals surface area contributed by atoms with Crippen molar-refractivity contribution in [2.24, 2.45) is 0 Å². The van der Waals surface area contributed by atoms with Crippen LogP contribution in [0.2, 0.25) is 0 Å². The first-order valence-corrected chi connectivity index (χ1v) is 7.36. The first kappa shape index (κ1) is 15.2. The third kappa shape index (κ3) is 4.15. The Balaban J connectivity index is 1.94. The zero-order valence-electron chi connectivity index (χ0n) is 13.3. The molecule has 5 nitrogen and oxygen atoms in total. The number of aromatic nitrogens is 2. The predicted molar refractivity (Wildman–Crippen MR) is 82.9 cm³/mol. The second-order valence-electron chi connectivity index (χ2n) is 6.77. The van der Waals surface area contributed by atoms with E-state index in [0.29, 0.717) is 6.04 Å². The van der Waals surface area contributed by atoms with Crippen LogP contribution in [0.5, 0.6) is 0 Å². The second kappa shape index (κ2) is 6.06. The lowest BCUT2D eigenvalue weighted by Crippen LogP contribution is -2.50. The van der Waals surface area contributed by atoms with Crippen molar-refractivity contribution in [3.63, 3.8) is 0 Å². The molecule has 112 valence electrons. The number of likely N-dealkylation sites (N-methyl/N-ethyl adjacent to an activating group) is 1. The molecule has 20 heavy (non-hydrogen) atoms. The summed E-state index contributed by atoms with van der Waals surface area (Å²) in [6.07, 6.45) is 3.87. The fourth-order valence-corrected chi connectivity index (χ4v) is 2.20. The zero-order valence-corrected chi connectivity index (χ0v) is 13.3. The number of nitrogens with zero attached hydrogens (tertiary/aromatic N) is 4. The van der Waals surface area contributed by atoms with E-state index < -0.39 is 0 Å². The molecule has 0 aliphatic carbocycles. The molecule has 0 bridgehead atoms. The number of anilines is 1. The van der Waals surface area contributed by atoms with Crippen LogP contribution in [-0.2, 0) is 6.54 Å². The maximum absolute atomic E-state index is 4.52. The van der Waals surface area contributed by atoms with Crippen molar-refractivity contribution in [1.29, 1.82) is 0 Å². The molecule has 1 unspecified atom stereocenters. The Kier molecular flexibility index (Phi) is 4.60. The fourth-order valence-electron chi connectivity index (χ4n) is 2.20. The number of nitrogens with one attached hydrogen (secondary N) is 1. The lowest BCUT2D eigenvalue weighted by atomic mass is 10.1. The lowest BCUT2D eigenvalue weighted by molar-refractivity contribution is 0.233. The predicted octanol–water partition coefficient (Wildman–Crippen LogP) is 1.50. The van der Waals surface area contributed by atoms with Crippen LogP contribution in [0, 0.1) is 0 Å². The van der Waals surface area contributed by atoms with Gasteiger partial charge in [0.2, 0.25) is 5.95 Å². The number of piperazine rings is 1. The number of hydrogen-bond donors (Lipinski definition) is 1. The fraction of sp³-hybridized carbons (Fsp3) is 0.733. The summed E-state index contributed by atoms with van der Waals surface area (Å²) >= 11 is 0. The highest BCUT2D eigenvalue weighted by molar-refractivity contribution is 5.31. The molecule has 1 aliphatic rings. The van der Waals surface area contributed by atoms with Crippen LogP contribution in [0.4, 0.5) is 5.95 Å². The third-order valence-electron chi connectivity index (χ3n) is 3.76. The zero-order chi connectivity index (χ0) is 14.8. The molecule has 1 aliphatic heterocycles. The molecule has 0 aromatic carbocycles. The highest BCUT2D eigenvalue weighted by atomic mass is 15.3. The van der Waals surface area contributed by atoms with E-state index in [4.69, 9.17) is 0 Å². The minimum absolute atomic E-state index is 0.117. The molecule has 1 atom stereocenters. The Morgan fingerprint density at radius 1 is 1.25 bits per heavy atom. The lowest BCUT2D eigenvalue weighted by Gasteiger charge is -2.37. The van der Waals surface area contributed by atoms with E-state index >= 15 is 0 Å².